The highest BCUT2D eigenvalue weighted by molar-refractivity contribution is 14.1. The lowest BCUT2D eigenvalue weighted by Gasteiger charge is -2.21. The van der Waals surface area contributed by atoms with E-state index in [-0.39, 0.29) is 6.04 Å². The summed E-state index contributed by atoms with van der Waals surface area (Å²) in [5.74, 6) is 0. The predicted molar refractivity (Wildman–Crippen MR) is 54.0 cm³/mol. The Morgan fingerprint density at radius 1 is 1.25 bits per heavy atom. The molecule has 1 rings (SSSR count). The molecule has 72 valence electrons. The molecule has 0 bridgehead atoms. The average molecular weight is 305 g/mol. The first-order valence-corrected chi connectivity index (χ1v) is 6.25. The first-order valence-electron chi connectivity index (χ1n) is 3.96. The van der Waals surface area contributed by atoms with Crippen molar-refractivity contribution in [3.05, 3.63) is 0 Å². The lowest BCUT2D eigenvalue weighted by atomic mass is 9.96. The van der Waals surface area contributed by atoms with E-state index in [0.29, 0.717) is 0 Å². The summed E-state index contributed by atoms with van der Waals surface area (Å²) in [7, 11) is -3.48. The molecule has 0 aromatic heterocycles. The molecule has 1 fully saturated rings. The van der Waals surface area contributed by atoms with E-state index in [0.717, 1.165) is 25.7 Å². The number of hydrogen-bond acceptors (Lipinski definition) is 3. The highest BCUT2D eigenvalue weighted by Crippen LogP contribution is 2.18. The van der Waals surface area contributed by atoms with Gasteiger partial charge in [-0.15, -0.1) is 0 Å². The van der Waals surface area contributed by atoms with Crippen molar-refractivity contribution >= 4 is 33.3 Å². The summed E-state index contributed by atoms with van der Waals surface area (Å²) < 4.78 is 28.6. The van der Waals surface area contributed by atoms with Crippen molar-refractivity contribution in [1.29, 1.82) is 0 Å². The minimum atomic E-state index is -3.48. The van der Waals surface area contributed by atoms with Gasteiger partial charge in [0.25, 0.3) is 0 Å². The first kappa shape index (κ1) is 10.7. The van der Waals surface area contributed by atoms with E-state index in [4.69, 9.17) is 0 Å². The van der Waals surface area contributed by atoms with Gasteiger partial charge in [-0.25, -0.2) is 0 Å². The minimum absolute atomic E-state index is 0.0820. The zero-order valence-electron chi connectivity index (χ0n) is 6.62. The maximum absolute atomic E-state index is 10.9. The molecule has 6 heteroatoms. The quantitative estimate of drug-likeness (QED) is 0.804. The van der Waals surface area contributed by atoms with Crippen molar-refractivity contribution < 1.29 is 10.9 Å². The number of rotatable bonds is 3. The zero-order valence-corrected chi connectivity index (χ0v) is 9.60. The fraction of sp³-hybridized carbons (Fsp3) is 1.00. The molecular weight excluding hydrogens is 293 g/mol. The van der Waals surface area contributed by atoms with Crippen LogP contribution >= 0.6 is 23.0 Å². The van der Waals surface area contributed by atoms with Gasteiger partial charge >= 0.3 is 10.3 Å². The van der Waals surface area contributed by atoms with Gasteiger partial charge in [-0.1, -0.05) is 19.3 Å². The van der Waals surface area contributed by atoms with E-state index in [9.17, 15) is 8.42 Å². The van der Waals surface area contributed by atoms with Crippen LogP contribution in [0.4, 0.5) is 0 Å². The van der Waals surface area contributed by atoms with Crippen molar-refractivity contribution in [2.24, 2.45) is 0 Å². The van der Waals surface area contributed by atoms with Crippen LogP contribution in [0.1, 0.15) is 32.1 Å². The third kappa shape index (κ3) is 3.55. The molecule has 0 unspecified atom stereocenters. The van der Waals surface area contributed by atoms with Gasteiger partial charge in [-0.3, -0.25) is 0 Å². The predicted octanol–water partition coefficient (Wildman–Crippen LogP) is 1.52. The van der Waals surface area contributed by atoms with E-state index in [2.05, 4.69) is 7.23 Å². The molecule has 0 radical (unpaired) electrons. The minimum Gasteiger partial charge on any atom is -0.188 e. The molecule has 4 nitrogen and oxygen atoms in total. The van der Waals surface area contributed by atoms with Crippen molar-refractivity contribution in [2.75, 3.05) is 0 Å². The molecule has 0 aromatic carbocycles. The Hall–Kier alpha value is 0.600. The van der Waals surface area contributed by atoms with Crippen LogP contribution in [-0.2, 0) is 12.8 Å². The summed E-state index contributed by atoms with van der Waals surface area (Å²) in [6.45, 7) is 0. The van der Waals surface area contributed by atoms with Gasteiger partial charge in [0.2, 0.25) is 0 Å². The summed E-state index contributed by atoms with van der Waals surface area (Å²) in [5, 5.41) is 0. The molecule has 0 spiro atoms. The van der Waals surface area contributed by atoms with Gasteiger partial charge in [-0.2, -0.15) is 15.7 Å². The van der Waals surface area contributed by atoms with E-state index in [1.165, 1.54) is 29.4 Å². The van der Waals surface area contributed by atoms with Crippen molar-refractivity contribution in [1.82, 2.24) is 4.72 Å². The summed E-state index contributed by atoms with van der Waals surface area (Å²) in [6.07, 6.45) is 5.28. The molecule has 1 aliphatic carbocycles. The van der Waals surface area contributed by atoms with Gasteiger partial charge in [0.05, 0.1) is 0 Å². The summed E-state index contributed by atoms with van der Waals surface area (Å²) in [5.41, 5.74) is 0. The van der Waals surface area contributed by atoms with Crippen LogP contribution in [0.3, 0.4) is 0 Å². The lowest BCUT2D eigenvalue weighted by Crippen LogP contribution is -2.35. The van der Waals surface area contributed by atoms with Crippen molar-refractivity contribution in [3.63, 3.8) is 0 Å². The van der Waals surface area contributed by atoms with Crippen LogP contribution in [0.25, 0.3) is 0 Å². The SMILES string of the molecule is O=S(=O)(NC1CCCCC1)OI. The van der Waals surface area contributed by atoms with Crippen LogP contribution in [-0.4, -0.2) is 14.5 Å². The molecule has 0 aromatic rings. The van der Waals surface area contributed by atoms with Gasteiger partial charge < -0.3 is 0 Å². The molecule has 1 aliphatic rings. The standard InChI is InChI=1S/C6H12INO3S/c7-11-12(9,10)8-6-4-2-1-3-5-6/h6,8H,1-5H2. The van der Waals surface area contributed by atoms with E-state index in [1.54, 1.807) is 0 Å². The molecule has 1 N–H and O–H groups in total. The van der Waals surface area contributed by atoms with Crippen LogP contribution in [0.2, 0.25) is 0 Å². The fourth-order valence-corrected chi connectivity index (χ4v) is 2.43. The third-order valence-electron chi connectivity index (χ3n) is 2.00. The number of nitrogens with one attached hydrogen (secondary N) is 1. The highest BCUT2D eigenvalue weighted by atomic mass is 127. The summed E-state index contributed by atoms with van der Waals surface area (Å²) in [4.78, 5) is 0. The molecule has 1 saturated carbocycles. The maximum atomic E-state index is 10.9. The van der Waals surface area contributed by atoms with E-state index in [1.807, 2.05) is 0 Å². The second kappa shape index (κ2) is 4.73. The molecule has 12 heavy (non-hydrogen) atoms. The normalized spacial score (nSPS) is 21.1. The molecule has 0 atom stereocenters. The van der Waals surface area contributed by atoms with Gasteiger partial charge in [0.1, 0.15) is 23.0 Å². The van der Waals surface area contributed by atoms with Crippen LogP contribution in [0.15, 0.2) is 0 Å². The van der Waals surface area contributed by atoms with Gasteiger partial charge in [0, 0.05) is 6.04 Å². The molecule has 0 saturated heterocycles. The smallest absolute Gasteiger partial charge is 0.188 e. The Kier molecular flexibility index (Phi) is 4.21. The fourth-order valence-electron chi connectivity index (χ4n) is 1.44. The lowest BCUT2D eigenvalue weighted by molar-refractivity contribution is 0.401. The van der Waals surface area contributed by atoms with Crippen LogP contribution < -0.4 is 4.72 Å². The summed E-state index contributed by atoms with van der Waals surface area (Å²) in [6, 6.07) is 0.0820. The van der Waals surface area contributed by atoms with E-state index < -0.39 is 10.3 Å². The third-order valence-corrected chi connectivity index (χ3v) is 4.21. The average Bonchev–Trinajstić information content (AvgIpc) is 2.06. The Labute approximate surface area is 87.0 Å². The Bertz CT molecular complexity index is 223. The number of hydrogen-bond donors (Lipinski definition) is 1. The van der Waals surface area contributed by atoms with Crippen molar-refractivity contribution in [2.45, 2.75) is 38.1 Å². The monoisotopic (exact) mass is 305 g/mol. The Morgan fingerprint density at radius 2 is 1.83 bits per heavy atom. The molecule has 0 aliphatic heterocycles. The number of halogens is 1. The highest BCUT2D eigenvalue weighted by Gasteiger charge is 2.19. The molecule has 0 amide bonds. The van der Waals surface area contributed by atoms with E-state index >= 15 is 0 Å². The largest absolute Gasteiger partial charge is 0.345 e. The second-order valence-corrected chi connectivity index (χ2v) is 5.32. The summed E-state index contributed by atoms with van der Waals surface area (Å²) >= 11 is 1.38. The zero-order chi connectivity index (χ0) is 9.03. The van der Waals surface area contributed by atoms with Crippen LogP contribution in [0, 0.1) is 0 Å². The molecular formula is C6H12INO3S. The van der Waals surface area contributed by atoms with Gasteiger partial charge in [-0.05, 0) is 12.8 Å². The van der Waals surface area contributed by atoms with Crippen molar-refractivity contribution in [3.8, 4) is 0 Å². The Morgan fingerprint density at radius 3 is 2.33 bits per heavy atom. The molecule has 0 heterocycles. The second-order valence-electron chi connectivity index (χ2n) is 2.97. The first-order chi connectivity index (χ1) is 5.64. The van der Waals surface area contributed by atoms with Crippen LogP contribution in [0.5, 0.6) is 0 Å². The maximum Gasteiger partial charge on any atom is 0.345 e. The Balaban J connectivity index is 2.39. The topological polar surface area (TPSA) is 55.4 Å². The van der Waals surface area contributed by atoms with Gasteiger partial charge in [0.15, 0.2) is 0 Å².